The van der Waals surface area contributed by atoms with E-state index in [1.54, 1.807) is 6.20 Å². The van der Waals surface area contributed by atoms with Gasteiger partial charge >= 0.3 is 6.09 Å². The molecule has 1 N–H and O–H groups in total. The smallest absolute Gasteiger partial charge is 0.408 e. The second-order valence-corrected chi connectivity index (χ2v) is 8.54. The molecule has 150 valence electrons. The van der Waals surface area contributed by atoms with Crippen LogP contribution in [0.4, 0.5) is 4.79 Å². The summed E-state index contributed by atoms with van der Waals surface area (Å²) >= 11 is 0. The van der Waals surface area contributed by atoms with E-state index in [1.165, 1.54) is 5.56 Å². The van der Waals surface area contributed by atoms with E-state index in [4.69, 9.17) is 4.74 Å². The highest BCUT2D eigenvalue weighted by Crippen LogP contribution is 2.34. The average molecular weight is 382 g/mol. The van der Waals surface area contributed by atoms with Crippen molar-refractivity contribution in [2.75, 3.05) is 13.1 Å². The SMILES string of the molecule is C[C@H](c1ccccc1)N1CC[C@@H](C(NC(=O)OC(C)(C)C)c2cccnc2)C1. The zero-order chi connectivity index (χ0) is 20.1. The molecule has 0 radical (unpaired) electrons. The zero-order valence-electron chi connectivity index (χ0n) is 17.3. The molecule has 1 aromatic carbocycles. The van der Waals surface area contributed by atoms with Crippen LogP contribution in [0.2, 0.25) is 0 Å². The molecule has 1 aliphatic rings. The van der Waals surface area contributed by atoms with Crippen molar-refractivity contribution in [3.05, 3.63) is 66.0 Å². The lowest BCUT2D eigenvalue weighted by Crippen LogP contribution is -2.38. The summed E-state index contributed by atoms with van der Waals surface area (Å²) in [6.45, 7) is 9.82. The van der Waals surface area contributed by atoms with Gasteiger partial charge in [-0.25, -0.2) is 4.79 Å². The average Bonchev–Trinajstić information content (AvgIpc) is 3.15. The minimum absolute atomic E-state index is 0.114. The maximum atomic E-state index is 12.5. The zero-order valence-corrected chi connectivity index (χ0v) is 17.3. The van der Waals surface area contributed by atoms with Crippen LogP contribution in [-0.4, -0.2) is 34.7 Å². The molecule has 28 heavy (non-hydrogen) atoms. The fourth-order valence-corrected chi connectivity index (χ4v) is 3.85. The molecule has 1 saturated heterocycles. The number of amides is 1. The fourth-order valence-electron chi connectivity index (χ4n) is 3.85. The summed E-state index contributed by atoms with van der Waals surface area (Å²) in [6, 6.07) is 14.7. The van der Waals surface area contributed by atoms with E-state index < -0.39 is 5.60 Å². The summed E-state index contributed by atoms with van der Waals surface area (Å²) in [5.41, 5.74) is 1.82. The van der Waals surface area contributed by atoms with Gasteiger partial charge in [-0.05, 0) is 63.8 Å². The topological polar surface area (TPSA) is 54.5 Å². The molecular weight excluding hydrogens is 350 g/mol. The molecule has 5 heteroatoms. The van der Waals surface area contributed by atoms with Gasteiger partial charge in [-0.2, -0.15) is 0 Å². The van der Waals surface area contributed by atoms with Crippen LogP contribution in [0.15, 0.2) is 54.9 Å². The van der Waals surface area contributed by atoms with Gasteiger partial charge in [-0.1, -0.05) is 36.4 Å². The lowest BCUT2D eigenvalue weighted by Gasteiger charge is -2.29. The first-order chi connectivity index (χ1) is 13.3. The number of likely N-dealkylation sites (tertiary alicyclic amines) is 1. The normalized spacial score (nSPS) is 19.8. The lowest BCUT2D eigenvalue weighted by atomic mass is 9.93. The molecule has 3 atom stereocenters. The van der Waals surface area contributed by atoms with Crippen molar-refractivity contribution in [2.24, 2.45) is 5.92 Å². The fraction of sp³-hybridized carbons (Fsp3) is 0.478. The number of nitrogens with zero attached hydrogens (tertiary/aromatic N) is 2. The molecule has 1 aliphatic heterocycles. The van der Waals surface area contributed by atoms with Gasteiger partial charge < -0.3 is 10.1 Å². The molecule has 1 fully saturated rings. The number of carbonyl (C=O) groups is 1. The van der Waals surface area contributed by atoms with Gasteiger partial charge in [0, 0.05) is 25.0 Å². The van der Waals surface area contributed by atoms with Crippen LogP contribution >= 0.6 is 0 Å². The van der Waals surface area contributed by atoms with Gasteiger partial charge in [0.1, 0.15) is 5.60 Å². The van der Waals surface area contributed by atoms with E-state index in [1.807, 2.05) is 45.2 Å². The maximum absolute atomic E-state index is 12.5. The first-order valence-electron chi connectivity index (χ1n) is 10.0. The Kier molecular flexibility index (Phi) is 6.35. The highest BCUT2D eigenvalue weighted by Gasteiger charge is 2.34. The lowest BCUT2D eigenvalue weighted by molar-refractivity contribution is 0.0484. The standard InChI is InChI=1S/C23H31N3O2/c1-17(18-9-6-5-7-10-18)26-14-12-20(16-26)21(19-11-8-13-24-15-19)25-22(27)28-23(2,3)4/h5-11,13,15,17,20-21H,12,14,16H2,1-4H3,(H,25,27)/t17-,20-,21?/m1/s1. The van der Waals surface area contributed by atoms with Gasteiger partial charge in [0.05, 0.1) is 6.04 Å². The Morgan fingerprint density at radius 3 is 2.54 bits per heavy atom. The summed E-state index contributed by atoms with van der Waals surface area (Å²) in [7, 11) is 0. The number of rotatable bonds is 5. The Bertz CT molecular complexity index is 758. The largest absolute Gasteiger partial charge is 0.444 e. The van der Waals surface area contributed by atoms with E-state index in [0.29, 0.717) is 12.0 Å². The molecule has 1 aromatic heterocycles. The number of aromatic nitrogens is 1. The molecule has 1 amide bonds. The molecule has 2 aromatic rings. The quantitative estimate of drug-likeness (QED) is 0.813. The number of nitrogens with one attached hydrogen (secondary N) is 1. The summed E-state index contributed by atoms with van der Waals surface area (Å²) < 4.78 is 5.51. The molecule has 5 nitrogen and oxygen atoms in total. The number of hydrogen-bond donors (Lipinski definition) is 1. The second-order valence-electron chi connectivity index (χ2n) is 8.54. The first kappa shape index (κ1) is 20.3. The Morgan fingerprint density at radius 1 is 1.18 bits per heavy atom. The number of carbonyl (C=O) groups excluding carboxylic acids is 1. The molecular formula is C23H31N3O2. The predicted octanol–water partition coefficient (Wildman–Crippen LogP) is 4.73. The van der Waals surface area contributed by atoms with Crippen molar-refractivity contribution in [1.82, 2.24) is 15.2 Å². The highest BCUT2D eigenvalue weighted by molar-refractivity contribution is 5.68. The summed E-state index contributed by atoms with van der Waals surface area (Å²) in [4.78, 5) is 19.2. The molecule has 2 heterocycles. The minimum Gasteiger partial charge on any atom is -0.444 e. The molecule has 0 bridgehead atoms. The molecule has 3 rings (SSSR count). The van der Waals surface area contributed by atoms with Gasteiger partial charge in [0.2, 0.25) is 0 Å². The Hall–Kier alpha value is -2.40. The summed E-state index contributed by atoms with van der Waals surface area (Å²) in [6.07, 6.45) is 4.24. The maximum Gasteiger partial charge on any atom is 0.408 e. The van der Waals surface area contributed by atoms with Crippen molar-refractivity contribution in [1.29, 1.82) is 0 Å². The van der Waals surface area contributed by atoms with E-state index >= 15 is 0 Å². The second kappa shape index (κ2) is 8.74. The van der Waals surface area contributed by atoms with Crippen molar-refractivity contribution < 1.29 is 9.53 Å². The Balaban J connectivity index is 1.73. The van der Waals surface area contributed by atoms with Crippen LogP contribution < -0.4 is 5.32 Å². The van der Waals surface area contributed by atoms with Gasteiger partial charge in [0.15, 0.2) is 0 Å². The van der Waals surface area contributed by atoms with Crippen LogP contribution in [0.1, 0.15) is 57.3 Å². The first-order valence-corrected chi connectivity index (χ1v) is 10.0. The predicted molar refractivity (Wildman–Crippen MR) is 111 cm³/mol. The number of alkyl carbamates (subject to hydrolysis) is 1. The van der Waals surface area contributed by atoms with Crippen molar-refractivity contribution >= 4 is 6.09 Å². The third-order valence-electron chi connectivity index (χ3n) is 5.27. The number of ether oxygens (including phenoxy) is 1. The molecule has 1 unspecified atom stereocenters. The van der Waals surface area contributed by atoms with E-state index in [0.717, 1.165) is 25.1 Å². The van der Waals surface area contributed by atoms with Crippen molar-refractivity contribution in [2.45, 2.75) is 51.8 Å². The van der Waals surface area contributed by atoms with Crippen molar-refractivity contribution in [3.63, 3.8) is 0 Å². The van der Waals surface area contributed by atoms with E-state index in [2.05, 4.69) is 46.4 Å². The summed E-state index contributed by atoms with van der Waals surface area (Å²) in [5, 5.41) is 3.10. The highest BCUT2D eigenvalue weighted by atomic mass is 16.6. The minimum atomic E-state index is -0.521. The van der Waals surface area contributed by atoms with Gasteiger partial charge in [0.25, 0.3) is 0 Å². The number of pyridine rings is 1. The van der Waals surface area contributed by atoms with Crippen molar-refractivity contribution in [3.8, 4) is 0 Å². The third kappa shape index (κ3) is 5.32. The Labute approximate surface area is 168 Å². The molecule has 0 saturated carbocycles. The molecule has 0 spiro atoms. The molecule has 0 aliphatic carbocycles. The van der Waals surface area contributed by atoms with Crippen LogP contribution in [0.3, 0.4) is 0 Å². The monoisotopic (exact) mass is 381 g/mol. The number of hydrogen-bond acceptors (Lipinski definition) is 4. The third-order valence-corrected chi connectivity index (χ3v) is 5.27. The van der Waals surface area contributed by atoms with Gasteiger partial charge in [-0.3, -0.25) is 9.88 Å². The van der Waals surface area contributed by atoms with E-state index in [9.17, 15) is 4.79 Å². The van der Waals surface area contributed by atoms with Gasteiger partial charge in [-0.15, -0.1) is 0 Å². The summed E-state index contributed by atoms with van der Waals surface area (Å²) in [5.74, 6) is 0.308. The van der Waals surface area contributed by atoms with Crippen LogP contribution in [0.5, 0.6) is 0 Å². The van der Waals surface area contributed by atoms with E-state index in [-0.39, 0.29) is 12.1 Å². The van der Waals surface area contributed by atoms with Crippen LogP contribution in [-0.2, 0) is 4.74 Å². The Morgan fingerprint density at radius 2 is 1.89 bits per heavy atom. The van der Waals surface area contributed by atoms with Crippen LogP contribution in [0, 0.1) is 5.92 Å². The van der Waals surface area contributed by atoms with Crippen LogP contribution in [0.25, 0.3) is 0 Å². The number of benzene rings is 1.